The van der Waals surface area contributed by atoms with Crippen molar-refractivity contribution in [2.24, 2.45) is 0 Å². The van der Waals surface area contributed by atoms with Crippen LogP contribution in [0.2, 0.25) is 0 Å². The van der Waals surface area contributed by atoms with Crippen molar-refractivity contribution in [2.75, 3.05) is 18.4 Å². The highest BCUT2D eigenvalue weighted by Crippen LogP contribution is 2.17. The van der Waals surface area contributed by atoms with E-state index in [1.54, 1.807) is 17.1 Å². The Labute approximate surface area is 115 Å². The van der Waals surface area contributed by atoms with Crippen LogP contribution in [0.5, 0.6) is 0 Å². The fourth-order valence-corrected chi connectivity index (χ4v) is 1.71. The molecule has 0 heterocycles. The Balaban J connectivity index is 2.69. The maximum Gasteiger partial charge on any atom is 0.322 e. The van der Waals surface area contributed by atoms with Crippen LogP contribution in [0.3, 0.4) is 0 Å². The Kier molecular flexibility index (Phi) is 5.86. The molecule has 1 aromatic carbocycles. The summed E-state index contributed by atoms with van der Waals surface area (Å²) in [5, 5.41) is 2.87. The number of amides is 2. The zero-order valence-corrected chi connectivity index (χ0v) is 11.7. The summed E-state index contributed by atoms with van der Waals surface area (Å²) in [4.78, 5) is 13.7. The van der Waals surface area contributed by atoms with E-state index in [1.165, 1.54) is 5.56 Å². The molecule has 0 saturated heterocycles. The van der Waals surface area contributed by atoms with Crippen LogP contribution >= 0.6 is 0 Å². The molecule has 0 bridgehead atoms. The fraction of sp³-hybridized carbons (Fsp3) is 0.312. The quantitative estimate of drug-likeness (QED) is 0.768. The van der Waals surface area contributed by atoms with Gasteiger partial charge in [0.15, 0.2) is 0 Å². The van der Waals surface area contributed by atoms with E-state index in [-0.39, 0.29) is 6.03 Å². The fourth-order valence-electron chi connectivity index (χ4n) is 1.71. The van der Waals surface area contributed by atoms with Crippen LogP contribution in [0.1, 0.15) is 25.3 Å². The molecule has 0 saturated carbocycles. The number of hydrogen-bond acceptors (Lipinski definition) is 1. The van der Waals surface area contributed by atoms with Gasteiger partial charge < -0.3 is 10.2 Å². The van der Waals surface area contributed by atoms with Crippen molar-refractivity contribution in [3.63, 3.8) is 0 Å². The van der Waals surface area contributed by atoms with Gasteiger partial charge in [0.2, 0.25) is 0 Å². The highest BCUT2D eigenvalue weighted by atomic mass is 16.2. The second-order valence-electron chi connectivity index (χ2n) is 4.69. The first-order valence-corrected chi connectivity index (χ1v) is 6.46. The number of carbonyl (C=O) groups excluding carboxylic acids is 1. The minimum atomic E-state index is -0.142. The van der Waals surface area contributed by atoms with Crippen molar-refractivity contribution in [1.29, 1.82) is 0 Å². The molecule has 1 N–H and O–H groups in total. The summed E-state index contributed by atoms with van der Waals surface area (Å²) >= 11 is 0. The maximum absolute atomic E-state index is 12.0. The molecule has 0 atom stereocenters. The lowest BCUT2D eigenvalue weighted by molar-refractivity contribution is 0.222. The Morgan fingerprint density at radius 3 is 2.16 bits per heavy atom. The molecular formula is C16H22N2O. The molecule has 3 nitrogen and oxygen atoms in total. The molecule has 2 amide bonds. The smallest absolute Gasteiger partial charge is 0.317 e. The van der Waals surface area contributed by atoms with Crippen LogP contribution < -0.4 is 5.32 Å². The standard InChI is InChI=1S/C16H22N2O/c1-5-11-18(12-6-2)16(19)17-15-9-7-14(8-10-15)13(3)4/h5-10,13H,1-2,11-12H2,3-4H3,(H,17,19). The van der Waals surface area contributed by atoms with Crippen molar-refractivity contribution >= 4 is 11.7 Å². The van der Waals surface area contributed by atoms with Gasteiger partial charge in [-0.05, 0) is 23.6 Å². The van der Waals surface area contributed by atoms with E-state index in [9.17, 15) is 4.79 Å². The highest BCUT2D eigenvalue weighted by Gasteiger charge is 2.10. The summed E-state index contributed by atoms with van der Waals surface area (Å²) < 4.78 is 0. The van der Waals surface area contributed by atoms with Crippen LogP contribution in [0, 0.1) is 0 Å². The zero-order valence-electron chi connectivity index (χ0n) is 11.7. The summed E-state index contributed by atoms with van der Waals surface area (Å²) in [5.41, 5.74) is 2.06. The Bertz CT molecular complexity index is 425. The third-order valence-corrected chi connectivity index (χ3v) is 2.81. The van der Waals surface area contributed by atoms with E-state index in [4.69, 9.17) is 0 Å². The summed E-state index contributed by atoms with van der Waals surface area (Å²) in [6.07, 6.45) is 3.40. The summed E-state index contributed by atoms with van der Waals surface area (Å²) in [7, 11) is 0. The molecule has 0 aliphatic rings. The van der Waals surface area contributed by atoms with Crippen molar-refractivity contribution in [3.8, 4) is 0 Å². The molecule has 1 rings (SSSR count). The number of hydrogen-bond donors (Lipinski definition) is 1. The topological polar surface area (TPSA) is 32.3 Å². The van der Waals surface area contributed by atoms with Gasteiger partial charge in [-0.15, -0.1) is 13.2 Å². The second-order valence-corrected chi connectivity index (χ2v) is 4.69. The maximum atomic E-state index is 12.0. The van der Waals surface area contributed by atoms with E-state index in [2.05, 4.69) is 32.3 Å². The van der Waals surface area contributed by atoms with E-state index in [1.807, 2.05) is 24.3 Å². The minimum Gasteiger partial charge on any atom is -0.317 e. The molecule has 0 fully saturated rings. The normalized spacial score (nSPS) is 10.1. The first kappa shape index (κ1) is 15.0. The first-order valence-electron chi connectivity index (χ1n) is 6.46. The predicted octanol–water partition coefficient (Wildman–Crippen LogP) is 4.02. The minimum absolute atomic E-state index is 0.142. The largest absolute Gasteiger partial charge is 0.322 e. The molecule has 0 spiro atoms. The van der Waals surface area contributed by atoms with Gasteiger partial charge in [-0.2, -0.15) is 0 Å². The van der Waals surface area contributed by atoms with Gasteiger partial charge in [-0.3, -0.25) is 0 Å². The number of carbonyl (C=O) groups is 1. The van der Waals surface area contributed by atoms with Gasteiger partial charge >= 0.3 is 6.03 Å². The molecule has 0 aliphatic carbocycles. The highest BCUT2D eigenvalue weighted by molar-refractivity contribution is 5.89. The van der Waals surface area contributed by atoms with Crippen LogP contribution in [-0.2, 0) is 0 Å². The molecule has 0 aromatic heterocycles. The number of anilines is 1. The lowest BCUT2D eigenvalue weighted by atomic mass is 10.0. The van der Waals surface area contributed by atoms with Crippen molar-refractivity contribution in [1.82, 2.24) is 4.90 Å². The van der Waals surface area contributed by atoms with Crippen LogP contribution in [0.25, 0.3) is 0 Å². The summed E-state index contributed by atoms with van der Waals surface area (Å²) in [6.45, 7) is 12.6. The third-order valence-electron chi connectivity index (χ3n) is 2.81. The molecule has 0 radical (unpaired) electrons. The summed E-state index contributed by atoms with van der Waals surface area (Å²) in [6, 6.07) is 7.77. The Morgan fingerprint density at radius 1 is 1.21 bits per heavy atom. The van der Waals surface area contributed by atoms with E-state index >= 15 is 0 Å². The lowest BCUT2D eigenvalue weighted by Gasteiger charge is -2.20. The molecule has 0 unspecified atom stereocenters. The van der Waals surface area contributed by atoms with Gasteiger partial charge in [0.1, 0.15) is 0 Å². The van der Waals surface area contributed by atoms with E-state index in [0.717, 1.165) is 5.69 Å². The predicted molar refractivity (Wildman–Crippen MR) is 81.5 cm³/mol. The molecule has 1 aromatic rings. The summed E-state index contributed by atoms with van der Waals surface area (Å²) in [5.74, 6) is 0.489. The monoisotopic (exact) mass is 258 g/mol. The Hall–Kier alpha value is -2.03. The average Bonchev–Trinajstić information content (AvgIpc) is 2.39. The van der Waals surface area contributed by atoms with Gasteiger partial charge in [0, 0.05) is 18.8 Å². The van der Waals surface area contributed by atoms with Crippen LogP contribution in [-0.4, -0.2) is 24.0 Å². The molecule has 0 aliphatic heterocycles. The third kappa shape index (κ3) is 4.62. The number of benzene rings is 1. The SMILES string of the molecule is C=CCN(CC=C)C(=O)Nc1ccc(C(C)C)cc1. The van der Waals surface area contributed by atoms with Crippen molar-refractivity contribution in [3.05, 3.63) is 55.1 Å². The van der Waals surface area contributed by atoms with Gasteiger partial charge in [-0.1, -0.05) is 38.1 Å². The number of rotatable bonds is 6. The molecule has 3 heteroatoms. The van der Waals surface area contributed by atoms with Crippen molar-refractivity contribution in [2.45, 2.75) is 19.8 Å². The second kappa shape index (κ2) is 7.41. The van der Waals surface area contributed by atoms with E-state index < -0.39 is 0 Å². The van der Waals surface area contributed by atoms with Crippen LogP contribution in [0.15, 0.2) is 49.6 Å². The number of nitrogens with zero attached hydrogens (tertiary/aromatic N) is 1. The number of nitrogens with one attached hydrogen (secondary N) is 1. The van der Waals surface area contributed by atoms with Crippen LogP contribution in [0.4, 0.5) is 10.5 Å². The lowest BCUT2D eigenvalue weighted by Crippen LogP contribution is -2.35. The Morgan fingerprint density at radius 2 is 1.74 bits per heavy atom. The van der Waals surface area contributed by atoms with Crippen molar-refractivity contribution < 1.29 is 4.79 Å². The molecular weight excluding hydrogens is 236 g/mol. The molecule has 19 heavy (non-hydrogen) atoms. The van der Waals surface area contributed by atoms with Gasteiger partial charge in [-0.25, -0.2) is 4.79 Å². The zero-order chi connectivity index (χ0) is 14.3. The van der Waals surface area contributed by atoms with Gasteiger partial charge in [0.05, 0.1) is 0 Å². The average molecular weight is 258 g/mol. The first-order chi connectivity index (χ1) is 9.08. The molecule has 102 valence electrons. The van der Waals surface area contributed by atoms with Gasteiger partial charge in [0.25, 0.3) is 0 Å². The number of urea groups is 1. The van der Waals surface area contributed by atoms with E-state index in [0.29, 0.717) is 19.0 Å².